The van der Waals surface area contributed by atoms with Gasteiger partial charge < -0.3 is 0 Å². The highest BCUT2D eigenvalue weighted by molar-refractivity contribution is 7.88. The lowest BCUT2D eigenvalue weighted by atomic mass is 10.1. The quantitative estimate of drug-likeness (QED) is 0.671. The average Bonchev–Trinajstić information content (AvgIpc) is 2.03. The summed E-state index contributed by atoms with van der Waals surface area (Å²) in [6.07, 6.45) is 0.297. The molecule has 0 aromatic heterocycles. The van der Waals surface area contributed by atoms with Crippen molar-refractivity contribution in [2.24, 2.45) is 5.92 Å². The van der Waals surface area contributed by atoms with Gasteiger partial charge in [-0.2, -0.15) is 8.42 Å². The van der Waals surface area contributed by atoms with E-state index >= 15 is 0 Å². The first-order valence-electron chi connectivity index (χ1n) is 5.07. The Labute approximate surface area is 88.0 Å². The maximum Gasteiger partial charge on any atom is 0.272 e. The first kappa shape index (κ1) is 13.9. The normalized spacial score (nSPS) is 15.9. The number of hydrogen-bond acceptors (Lipinski definition) is 3. The molecule has 1 atom stereocenters. The van der Waals surface area contributed by atoms with Crippen LogP contribution in [0, 0.1) is 5.92 Å². The minimum Gasteiger partial charge on any atom is -0.266 e. The zero-order valence-electron chi connectivity index (χ0n) is 9.99. The van der Waals surface area contributed by atoms with E-state index < -0.39 is 14.9 Å². The molecule has 0 spiro atoms. The Bertz CT molecular complexity index is 265. The Hall–Kier alpha value is -0.0900. The van der Waals surface area contributed by atoms with Crippen LogP contribution in [-0.4, -0.2) is 19.3 Å². The summed E-state index contributed by atoms with van der Waals surface area (Å²) in [4.78, 5) is 0. The summed E-state index contributed by atoms with van der Waals surface area (Å²) in [5.74, 6) is 0.206. The molecule has 3 nitrogen and oxygen atoms in total. The summed E-state index contributed by atoms with van der Waals surface area (Å²) < 4.78 is 27.9. The summed E-state index contributed by atoms with van der Waals surface area (Å²) in [6, 6.07) is 0. The Morgan fingerprint density at radius 3 is 1.93 bits per heavy atom. The van der Waals surface area contributed by atoms with E-state index in [4.69, 9.17) is 4.18 Å². The van der Waals surface area contributed by atoms with Crippen LogP contribution in [0.4, 0.5) is 0 Å². The topological polar surface area (TPSA) is 43.4 Å². The van der Waals surface area contributed by atoms with E-state index in [-0.39, 0.29) is 12.0 Å². The van der Waals surface area contributed by atoms with Gasteiger partial charge >= 0.3 is 0 Å². The van der Waals surface area contributed by atoms with Crippen LogP contribution in [0.2, 0.25) is 0 Å². The lowest BCUT2D eigenvalue weighted by molar-refractivity contribution is 0.170. The minimum absolute atomic E-state index is 0.206. The Morgan fingerprint density at radius 2 is 1.64 bits per heavy atom. The predicted molar refractivity (Wildman–Crippen MR) is 58.7 cm³/mol. The van der Waals surface area contributed by atoms with Gasteiger partial charge in [-0.15, -0.1) is 0 Å². The van der Waals surface area contributed by atoms with Gasteiger partial charge in [-0.1, -0.05) is 20.8 Å². The van der Waals surface area contributed by atoms with Gasteiger partial charge in [-0.25, -0.2) is 0 Å². The predicted octanol–water partition coefficient (Wildman–Crippen LogP) is 2.57. The smallest absolute Gasteiger partial charge is 0.266 e. The van der Waals surface area contributed by atoms with Crippen LogP contribution in [0.25, 0.3) is 0 Å². The second kappa shape index (κ2) is 4.62. The van der Waals surface area contributed by atoms with E-state index in [1.807, 2.05) is 20.8 Å². The van der Waals surface area contributed by atoms with Crippen molar-refractivity contribution in [1.82, 2.24) is 0 Å². The number of rotatable bonds is 5. The Kier molecular flexibility index (Phi) is 4.59. The van der Waals surface area contributed by atoms with E-state index in [0.717, 1.165) is 0 Å². The molecule has 0 bridgehead atoms. The molecular weight excluding hydrogens is 200 g/mol. The molecule has 0 saturated carbocycles. The third-order valence-electron chi connectivity index (χ3n) is 2.75. The van der Waals surface area contributed by atoms with Gasteiger partial charge in [0.2, 0.25) is 0 Å². The Balaban J connectivity index is 4.67. The average molecular weight is 222 g/mol. The first-order chi connectivity index (χ1) is 6.14. The Morgan fingerprint density at radius 1 is 1.21 bits per heavy atom. The molecule has 0 heterocycles. The van der Waals surface area contributed by atoms with Crippen LogP contribution in [0.15, 0.2) is 0 Å². The highest BCUT2D eigenvalue weighted by Crippen LogP contribution is 2.24. The lowest BCUT2D eigenvalue weighted by Crippen LogP contribution is -2.36. The molecule has 14 heavy (non-hydrogen) atoms. The van der Waals surface area contributed by atoms with Crippen molar-refractivity contribution in [3.05, 3.63) is 0 Å². The second-order valence-corrected chi connectivity index (χ2v) is 6.82. The molecule has 0 saturated heterocycles. The maximum atomic E-state index is 11.8. The summed E-state index contributed by atoms with van der Waals surface area (Å²) in [7, 11) is -3.45. The van der Waals surface area contributed by atoms with Crippen molar-refractivity contribution >= 4 is 10.1 Å². The molecule has 0 aliphatic carbocycles. The zero-order chi connectivity index (χ0) is 11.6. The van der Waals surface area contributed by atoms with Crippen LogP contribution < -0.4 is 0 Å². The molecule has 1 unspecified atom stereocenters. The largest absolute Gasteiger partial charge is 0.272 e. The fraction of sp³-hybridized carbons (Fsp3) is 1.00. The van der Waals surface area contributed by atoms with Gasteiger partial charge in [0.15, 0.2) is 0 Å². The van der Waals surface area contributed by atoms with Crippen LogP contribution in [0.5, 0.6) is 0 Å². The molecule has 0 aromatic carbocycles. The minimum atomic E-state index is -3.45. The molecular formula is C10H22O3S. The molecule has 0 radical (unpaired) electrons. The molecule has 0 rings (SSSR count). The van der Waals surface area contributed by atoms with Gasteiger partial charge in [-0.05, 0) is 33.1 Å². The zero-order valence-corrected chi connectivity index (χ0v) is 10.8. The van der Waals surface area contributed by atoms with Gasteiger partial charge in [0.1, 0.15) is 0 Å². The maximum absolute atomic E-state index is 11.8. The third-order valence-corrected chi connectivity index (χ3v) is 4.94. The van der Waals surface area contributed by atoms with Crippen LogP contribution in [-0.2, 0) is 14.3 Å². The molecule has 0 amide bonds. The molecule has 0 aromatic rings. The van der Waals surface area contributed by atoms with Crippen molar-refractivity contribution in [2.45, 2.75) is 58.8 Å². The molecule has 0 aliphatic heterocycles. The second-order valence-electron chi connectivity index (χ2n) is 4.61. The summed E-state index contributed by atoms with van der Waals surface area (Å²) in [5, 5.41) is 0. The summed E-state index contributed by atoms with van der Waals surface area (Å²) >= 11 is 0. The molecule has 4 heteroatoms. The van der Waals surface area contributed by atoms with Crippen molar-refractivity contribution in [1.29, 1.82) is 0 Å². The molecule has 86 valence electrons. The molecule has 0 N–H and O–H groups in total. The van der Waals surface area contributed by atoms with Crippen LogP contribution in [0.1, 0.15) is 48.0 Å². The van der Waals surface area contributed by atoms with E-state index in [0.29, 0.717) is 6.42 Å². The molecule has 0 fully saturated rings. The van der Waals surface area contributed by atoms with Crippen LogP contribution in [0.3, 0.4) is 0 Å². The van der Waals surface area contributed by atoms with E-state index in [2.05, 4.69) is 0 Å². The van der Waals surface area contributed by atoms with Gasteiger partial charge in [0, 0.05) is 0 Å². The standard InChI is InChI=1S/C10H22O3S/c1-7-10(5,6)14(11,12)13-9(4)8(2)3/h8-9H,7H2,1-6H3. The van der Waals surface area contributed by atoms with Crippen molar-refractivity contribution < 1.29 is 12.6 Å². The van der Waals surface area contributed by atoms with Crippen molar-refractivity contribution in [2.75, 3.05) is 0 Å². The van der Waals surface area contributed by atoms with E-state index in [9.17, 15) is 8.42 Å². The summed E-state index contributed by atoms with van der Waals surface area (Å²) in [6.45, 7) is 10.9. The fourth-order valence-corrected chi connectivity index (χ4v) is 1.85. The number of hydrogen-bond donors (Lipinski definition) is 0. The summed E-state index contributed by atoms with van der Waals surface area (Å²) in [5.41, 5.74) is 0. The van der Waals surface area contributed by atoms with Crippen molar-refractivity contribution in [3.8, 4) is 0 Å². The van der Waals surface area contributed by atoms with Crippen molar-refractivity contribution in [3.63, 3.8) is 0 Å². The van der Waals surface area contributed by atoms with Gasteiger partial charge in [0.25, 0.3) is 10.1 Å². The van der Waals surface area contributed by atoms with E-state index in [1.165, 1.54) is 0 Å². The fourth-order valence-electron chi connectivity index (χ4n) is 0.618. The van der Waals surface area contributed by atoms with Crippen LogP contribution >= 0.6 is 0 Å². The molecule has 0 aliphatic rings. The highest BCUT2D eigenvalue weighted by Gasteiger charge is 2.35. The van der Waals surface area contributed by atoms with Gasteiger partial charge in [0.05, 0.1) is 10.9 Å². The third kappa shape index (κ3) is 3.24. The SMILES string of the molecule is CCC(C)(C)S(=O)(=O)OC(C)C(C)C. The monoisotopic (exact) mass is 222 g/mol. The van der Waals surface area contributed by atoms with Gasteiger partial charge in [-0.3, -0.25) is 4.18 Å². The first-order valence-corrected chi connectivity index (χ1v) is 6.47. The highest BCUT2D eigenvalue weighted by atomic mass is 32.2. The lowest BCUT2D eigenvalue weighted by Gasteiger charge is -2.26. The van der Waals surface area contributed by atoms with E-state index in [1.54, 1.807) is 20.8 Å².